The van der Waals surface area contributed by atoms with Crippen molar-refractivity contribution in [3.8, 4) is 11.3 Å². The summed E-state index contributed by atoms with van der Waals surface area (Å²) in [4.78, 5) is 4.56. The average Bonchev–Trinajstić information content (AvgIpc) is 3.28. The van der Waals surface area contributed by atoms with Crippen LogP contribution >= 0.6 is 0 Å². The minimum Gasteiger partial charge on any atom is -0.381 e. The number of pyridine rings is 1. The third kappa shape index (κ3) is 2.86. The lowest BCUT2D eigenvalue weighted by molar-refractivity contribution is 0.997. The van der Waals surface area contributed by atoms with Crippen LogP contribution in [0.4, 0.5) is 5.69 Å². The Labute approximate surface area is 129 Å². The van der Waals surface area contributed by atoms with Gasteiger partial charge < -0.3 is 5.32 Å². The van der Waals surface area contributed by atoms with Crippen LogP contribution in [0.3, 0.4) is 0 Å². The number of nitrogens with zero attached hydrogens (tertiary/aromatic N) is 2. The smallest absolute Gasteiger partial charge is 0.0650 e. The summed E-state index contributed by atoms with van der Waals surface area (Å²) in [5, 5.41) is 10.4. The Kier molecular flexibility index (Phi) is 3.35. The van der Waals surface area contributed by atoms with E-state index in [1.807, 2.05) is 18.3 Å². The molecule has 3 aromatic rings. The van der Waals surface area contributed by atoms with Crippen molar-refractivity contribution in [3.05, 3.63) is 66.1 Å². The van der Waals surface area contributed by atoms with Gasteiger partial charge in [-0.15, -0.1) is 0 Å². The first-order valence-electron chi connectivity index (χ1n) is 7.67. The van der Waals surface area contributed by atoms with Gasteiger partial charge >= 0.3 is 0 Å². The van der Waals surface area contributed by atoms with Crippen LogP contribution in [0.25, 0.3) is 11.3 Å². The quantitative estimate of drug-likeness (QED) is 0.747. The minimum absolute atomic E-state index is 0.716. The largest absolute Gasteiger partial charge is 0.381 e. The van der Waals surface area contributed by atoms with E-state index in [2.05, 4.69) is 50.8 Å². The normalized spacial score (nSPS) is 14.0. The van der Waals surface area contributed by atoms with Crippen molar-refractivity contribution in [1.29, 1.82) is 0 Å². The molecule has 1 aliphatic carbocycles. The fourth-order valence-corrected chi connectivity index (χ4v) is 2.58. The van der Waals surface area contributed by atoms with Crippen molar-refractivity contribution in [2.24, 2.45) is 0 Å². The monoisotopic (exact) mass is 290 g/mol. The summed E-state index contributed by atoms with van der Waals surface area (Å²) in [7, 11) is 0. The van der Waals surface area contributed by atoms with Crippen LogP contribution in [0.2, 0.25) is 0 Å². The Hall–Kier alpha value is -2.62. The maximum absolute atomic E-state index is 4.56. The molecule has 1 aromatic carbocycles. The van der Waals surface area contributed by atoms with Crippen molar-refractivity contribution in [2.75, 3.05) is 5.32 Å². The lowest BCUT2D eigenvalue weighted by Crippen LogP contribution is -2.00. The predicted molar refractivity (Wildman–Crippen MR) is 87.6 cm³/mol. The molecule has 0 bridgehead atoms. The highest BCUT2D eigenvalue weighted by molar-refractivity contribution is 5.64. The van der Waals surface area contributed by atoms with Gasteiger partial charge in [-0.3, -0.25) is 10.1 Å². The summed E-state index contributed by atoms with van der Waals surface area (Å²) in [6.45, 7) is 0.782. The van der Waals surface area contributed by atoms with Crippen molar-refractivity contribution in [3.63, 3.8) is 0 Å². The zero-order chi connectivity index (χ0) is 14.8. The molecule has 4 heteroatoms. The molecule has 0 atom stereocenters. The molecule has 2 heterocycles. The topological polar surface area (TPSA) is 53.6 Å². The molecule has 0 amide bonds. The molecule has 0 saturated heterocycles. The second-order valence-corrected chi connectivity index (χ2v) is 5.77. The summed E-state index contributed by atoms with van der Waals surface area (Å²) >= 11 is 0. The molecule has 110 valence electrons. The number of aromatic nitrogens is 3. The van der Waals surface area contributed by atoms with E-state index >= 15 is 0 Å². The number of H-pyrrole nitrogens is 1. The maximum atomic E-state index is 4.56. The summed E-state index contributed by atoms with van der Waals surface area (Å²) < 4.78 is 0. The molecule has 0 spiro atoms. The lowest BCUT2D eigenvalue weighted by atomic mass is 10.1. The second-order valence-electron chi connectivity index (χ2n) is 5.77. The first kappa shape index (κ1) is 13.1. The summed E-state index contributed by atoms with van der Waals surface area (Å²) in [6, 6.07) is 14.6. The number of anilines is 1. The third-order valence-electron chi connectivity index (χ3n) is 4.01. The molecule has 2 N–H and O–H groups in total. The number of aromatic amines is 1. The molecule has 0 unspecified atom stereocenters. The van der Waals surface area contributed by atoms with E-state index in [1.54, 1.807) is 6.20 Å². The second kappa shape index (κ2) is 5.64. The van der Waals surface area contributed by atoms with Gasteiger partial charge in [0.15, 0.2) is 0 Å². The van der Waals surface area contributed by atoms with Crippen LogP contribution in [0.1, 0.15) is 30.0 Å². The van der Waals surface area contributed by atoms with Gasteiger partial charge in [-0.05, 0) is 42.7 Å². The Morgan fingerprint density at radius 1 is 1.14 bits per heavy atom. The summed E-state index contributed by atoms with van der Waals surface area (Å²) in [6.07, 6.45) is 6.35. The molecule has 0 radical (unpaired) electrons. The van der Waals surface area contributed by atoms with Crippen LogP contribution in [0.15, 0.2) is 54.9 Å². The molecular weight excluding hydrogens is 272 g/mol. The van der Waals surface area contributed by atoms with E-state index in [1.165, 1.54) is 24.1 Å². The first-order chi connectivity index (χ1) is 10.9. The fraction of sp³-hybridized carbons (Fsp3) is 0.222. The SMILES string of the molecule is c1cc(NCc2ccc(C3CC3)nc2)cc(-c2ccn[nH]2)c1. The van der Waals surface area contributed by atoms with Gasteiger partial charge in [-0.2, -0.15) is 5.10 Å². The van der Waals surface area contributed by atoms with Crippen molar-refractivity contribution in [1.82, 2.24) is 15.2 Å². The van der Waals surface area contributed by atoms with E-state index in [4.69, 9.17) is 0 Å². The van der Waals surface area contributed by atoms with Crippen LogP contribution in [0, 0.1) is 0 Å². The van der Waals surface area contributed by atoms with E-state index in [-0.39, 0.29) is 0 Å². The van der Waals surface area contributed by atoms with Crippen molar-refractivity contribution >= 4 is 5.69 Å². The number of rotatable bonds is 5. The summed E-state index contributed by atoms with van der Waals surface area (Å²) in [5.74, 6) is 0.716. The van der Waals surface area contributed by atoms with Gasteiger partial charge in [0.05, 0.1) is 5.69 Å². The third-order valence-corrected chi connectivity index (χ3v) is 4.01. The van der Waals surface area contributed by atoms with Gasteiger partial charge in [-0.25, -0.2) is 0 Å². The van der Waals surface area contributed by atoms with Gasteiger partial charge in [-0.1, -0.05) is 18.2 Å². The van der Waals surface area contributed by atoms with E-state index in [0.717, 1.165) is 23.5 Å². The predicted octanol–water partition coefficient (Wildman–Crippen LogP) is 3.96. The number of nitrogens with one attached hydrogen (secondary N) is 2. The van der Waals surface area contributed by atoms with Gasteiger partial charge in [0, 0.05) is 41.8 Å². The highest BCUT2D eigenvalue weighted by Crippen LogP contribution is 2.38. The highest BCUT2D eigenvalue weighted by Gasteiger charge is 2.24. The Morgan fingerprint density at radius 2 is 2.09 bits per heavy atom. The lowest BCUT2D eigenvalue weighted by Gasteiger charge is -2.08. The Morgan fingerprint density at radius 3 is 2.82 bits per heavy atom. The zero-order valence-corrected chi connectivity index (χ0v) is 12.3. The highest BCUT2D eigenvalue weighted by atomic mass is 15.1. The molecule has 2 aromatic heterocycles. The van der Waals surface area contributed by atoms with E-state index in [0.29, 0.717) is 5.92 Å². The Balaban J connectivity index is 1.43. The first-order valence-corrected chi connectivity index (χ1v) is 7.67. The zero-order valence-electron chi connectivity index (χ0n) is 12.3. The average molecular weight is 290 g/mol. The van der Waals surface area contributed by atoms with Crippen LogP contribution in [-0.2, 0) is 6.54 Å². The molecule has 0 aliphatic heterocycles. The van der Waals surface area contributed by atoms with E-state index < -0.39 is 0 Å². The number of benzene rings is 1. The molecule has 1 saturated carbocycles. The van der Waals surface area contributed by atoms with E-state index in [9.17, 15) is 0 Å². The molecule has 1 fully saturated rings. The molecule has 22 heavy (non-hydrogen) atoms. The van der Waals surface area contributed by atoms with Crippen molar-refractivity contribution in [2.45, 2.75) is 25.3 Å². The van der Waals surface area contributed by atoms with Crippen LogP contribution in [-0.4, -0.2) is 15.2 Å². The summed E-state index contributed by atoms with van der Waals surface area (Å²) in [5.41, 5.74) is 5.70. The number of hydrogen-bond donors (Lipinski definition) is 2. The molecule has 4 nitrogen and oxygen atoms in total. The van der Waals surface area contributed by atoms with Crippen LogP contribution < -0.4 is 5.32 Å². The van der Waals surface area contributed by atoms with Crippen LogP contribution in [0.5, 0.6) is 0 Å². The Bertz CT molecular complexity index is 743. The van der Waals surface area contributed by atoms with Crippen molar-refractivity contribution < 1.29 is 0 Å². The minimum atomic E-state index is 0.716. The standard InChI is InChI=1S/C18H18N4/c1-2-15(18-8-9-21-22-18)10-16(3-1)19-11-13-4-7-17(20-12-13)14-5-6-14/h1-4,7-10,12,14,19H,5-6,11H2,(H,21,22). The molecule has 1 aliphatic rings. The number of hydrogen-bond acceptors (Lipinski definition) is 3. The fourth-order valence-electron chi connectivity index (χ4n) is 2.58. The van der Waals surface area contributed by atoms with Gasteiger partial charge in [0.25, 0.3) is 0 Å². The van der Waals surface area contributed by atoms with Gasteiger partial charge in [0.2, 0.25) is 0 Å². The molecular formula is C18H18N4. The molecule has 4 rings (SSSR count). The van der Waals surface area contributed by atoms with Gasteiger partial charge in [0.1, 0.15) is 0 Å². The maximum Gasteiger partial charge on any atom is 0.0650 e.